The van der Waals surface area contributed by atoms with Gasteiger partial charge in [0, 0.05) is 10.7 Å². The van der Waals surface area contributed by atoms with E-state index in [9.17, 15) is 18.0 Å². The van der Waals surface area contributed by atoms with E-state index in [0.29, 0.717) is 4.47 Å². The Morgan fingerprint density at radius 1 is 1.39 bits per heavy atom. The van der Waals surface area contributed by atoms with Crippen molar-refractivity contribution in [1.82, 2.24) is 9.97 Å². The van der Waals surface area contributed by atoms with Crippen molar-refractivity contribution in [2.45, 2.75) is 31.2 Å². The zero-order valence-electron chi connectivity index (χ0n) is 16.1. The Morgan fingerprint density at radius 3 is 2.71 bits per heavy atom. The molecule has 0 saturated carbocycles. The Morgan fingerprint density at radius 2 is 2.10 bits per heavy atom. The molecule has 1 aliphatic rings. The van der Waals surface area contributed by atoms with Gasteiger partial charge in [-0.05, 0) is 48.0 Å². The van der Waals surface area contributed by atoms with Crippen LogP contribution in [0.1, 0.15) is 19.5 Å². The molecule has 0 fully saturated rings. The second-order valence-corrected chi connectivity index (χ2v) is 8.28. The molecule has 166 valence electrons. The average Bonchev–Trinajstić information content (AvgIpc) is 2.67. The van der Waals surface area contributed by atoms with E-state index in [1.165, 1.54) is 37.4 Å². The van der Waals surface area contributed by atoms with E-state index < -0.39 is 35.9 Å². The van der Waals surface area contributed by atoms with Gasteiger partial charge >= 0.3 is 12.3 Å². The molecule has 0 aliphatic carbocycles. The Balaban J connectivity index is 1.79. The fourth-order valence-electron chi connectivity index (χ4n) is 2.62. The Hall–Kier alpha value is -2.44. The number of carbonyl (C=O) groups is 1. The summed E-state index contributed by atoms with van der Waals surface area (Å²) >= 11 is 9.14. The van der Waals surface area contributed by atoms with Gasteiger partial charge in [0.25, 0.3) is 0 Å². The standard InChI is InChI=1S/C18H16BrClF3N5O3/c1-16(8-30-17(2,14(24)28-16)18(21,22)23)11-4-3-5-12(26-11)27-15(29)31-13-10(20)6-9(19)7-25-13/h3-7H,8H2,1-2H3,(H2,24,28)(H,26,27,29). The summed E-state index contributed by atoms with van der Waals surface area (Å²) in [7, 11) is 0. The number of nitrogens with two attached hydrogens (primary N) is 1. The average molecular weight is 523 g/mol. The second-order valence-electron chi connectivity index (χ2n) is 6.95. The van der Waals surface area contributed by atoms with E-state index in [0.717, 1.165) is 6.92 Å². The van der Waals surface area contributed by atoms with Crippen LogP contribution in [0.3, 0.4) is 0 Å². The van der Waals surface area contributed by atoms with Gasteiger partial charge in [-0.25, -0.2) is 14.8 Å². The molecule has 0 saturated heterocycles. The molecule has 1 amide bonds. The summed E-state index contributed by atoms with van der Waals surface area (Å²) in [6.07, 6.45) is -4.25. The highest BCUT2D eigenvalue weighted by Crippen LogP contribution is 2.40. The first-order valence-corrected chi connectivity index (χ1v) is 9.85. The van der Waals surface area contributed by atoms with Gasteiger partial charge in [-0.3, -0.25) is 10.3 Å². The summed E-state index contributed by atoms with van der Waals surface area (Å²) in [6, 6.07) is 6.02. The van der Waals surface area contributed by atoms with Crippen LogP contribution in [0.4, 0.5) is 23.8 Å². The third kappa shape index (κ3) is 4.75. The maximum Gasteiger partial charge on any atom is 0.424 e. The van der Waals surface area contributed by atoms with Crippen molar-refractivity contribution < 1.29 is 27.4 Å². The van der Waals surface area contributed by atoms with Crippen LogP contribution in [0, 0.1) is 0 Å². The minimum Gasteiger partial charge on any atom is -0.389 e. The molecule has 3 heterocycles. The fraction of sp³-hybridized carbons (Fsp3) is 0.333. The number of hydrogen-bond acceptors (Lipinski definition) is 7. The lowest BCUT2D eigenvalue weighted by Gasteiger charge is -2.40. The number of amides is 1. The lowest BCUT2D eigenvalue weighted by molar-refractivity contribution is -0.249. The number of rotatable bonds is 3. The number of ether oxygens (including phenoxy) is 2. The molecular weight excluding hydrogens is 507 g/mol. The van der Waals surface area contributed by atoms with Gasteiger partial charge < -0.3 is 15.2 Å². The number of alkyl halides is 3. The highest BCUT2D eigenvalue weighted by molar-refractivity contribution is 9.10. The molecule has 2 unspecified atom stereocenters. The molecule has 13 heteroatoms. The first kappa shape index (κ1) is 23.2. The van der Waals surface area contributed by atoms with Crippen molar-refractivity contribution in [3.8, 4) is 5.88 Å². The predicted molar refractivity (Wildman–Crippen MR) is 110 cm³/mol. The van der Waals surface area contributed by atoms with E-state index in [4.69, 9.17) is 26.8 Å². The van der Waals surface area contributed by atoms with Crippen LogP contribution >= 0.6 is 27.5 Å². The van der Waals surface area contributed by atoms with E-state index in [1.807, 2.05) is 0 Å². The summed E-state index contributed by atoms with van der Waals surface area (Å²) < 4.78 is 50.6. The number of anilines is 1. The van der Waals surface area contributed by atoms with Gasteiger partial charge in [-0.1, -0.05) is 17.7 Å². The van der Waals surface area contributed by atoms with Crippen LogP contribution in [0.25, 0.3) is 0 Å². The SMILES string of the molecule is CC1(c2cccc(NC(=O)Oc3ncc(Br)cc3Cl)n2)COC(C)(C(F)(F)F)C(N)=N1. The highest BCUT2D eigenvalue weighted by Gasteiger charge is 2.59. The third-order valence-corrected chi connectivity index (χ3v) is 5.24. The first-order valence-electron chi connectivity index (χ1n) is 8.68. The number of carbonyl (C=O) groups excluding carboxylic acids is 1. The number of hydrogen-bond donors (Lipinski definition) is 2. The third-order valence-electron chi connectivity index (χ3n) is 4.53. The molecule has 2 aromatic heterocycles. The quantitative estimate of drug-likeness (QED) is 0.617. The maximum absolute atomic E-state index is 13.3. The minimum atomic E-state index is -4.73. The number of nitrogens with zero attached hydrogens (tertiary/aromatic N) is 3. The maximum atomic E-state index is 13.3. The molecule has 3 rings (SSSR count). The van der Waals surface area contributed by atoms with Crippen LogP contribution in [0.5, 0.6) is 5.88 Å². The van der Waals surface area contributed by atoms with Crippen LogP contribution in [-0.2, 0) is 10.3 Å². The van der Waals surface area contributed by atoms with Crippen molar-refractivity contribution in [3.05, 3.63) is 45.7 Å². The molecule has 2 aromatic rings. The topological polar surface area (TPSA) is 112 Å². The lowest BCUT2D eigenvalue weighted by Crippen LogP contribution is -2.60. The van der Waals surface area contributed by atoms with E-state index in [-0.39, 0.29) is 22.4 Å². The van der Waals surface area contributed by atoms with Crippen molar-refractivity contribution >= 4 is 45.3 Å². The van der Waals surface area contributed by atoms with E-state index >= 15 is 0 Å². The molecule has 3 N–H and O–H groups in total. The van der Waals surface area contributed by atoms with Crippen LogP contribution in [0.15, 0.2) is 39.9 Å². The molecule has 1 aliphatic heterocycles. The zero-order chi connectivity index (χ0) is 23.0. The van der Waals surface area contributed by atoms with Gasteiger partial charge in [0.05, 0.1) is 12.3 Å². The summed E-state index contributed by atoms with van der Waals surface area (Å²) in [6.45, 7) is 1.91. The molecule has 2 atom stereocenters. The predicted octanol–water partition coefficient (Wildman–Crippen LogP) is 4.43. The van der Waals surface area contributed by atoms with Crippen LogP contribution in [0.2, 0.25) is 5.02 Å². The molecule has 31 heavy (non-hydrogen) atoms. The Kier molecular flexibility index (Phi) is 6.18. The largest absolute Gasteiger partial charge is 0.424 e. The molecule has 0 spiro atoms. The number of halogens is 5. The highest BCUT2D eigenvalue weighted by atomic mass is 79.9. The molecular formula is C18H16BrClF3N5O3. The monoisotopic (exact) mass is 521 g/mol. The zero-order valence-corrected chi connectivity index (χ0v) is 18.5. The van der Waals surface area contributed by atoms with Crippen molar-refractivity contribution in [2.75, 3.05) is 11.9 Å². The smallest absolute Gasteiger partial charge is 0.389 e. The van der Waals surface area contributed by atoms with Crippen LogP contribution < -0.4 is 15.8 Å². The summed E-state index contributed by atoms with van der Waals surface area (Å²) in [4.78, 5) is 24.3. The lowest BCUT2D eigenvalue weighted by atomic mass is 9.93. The number of pyridine rings is 2. The van der Waals surface area contributed by atoms with Crippen molar-refractivity contribution in [1.29, 1.82) is 0 Å². The molecule has 0 bridgehead atoms. The van der Waals surface area contributed by atoms with Gasteiger partial charge in [0.2, 0.25) is 11.5 Å². The number of nitrogens with one attached hydrogen (secondary N) is 1. The number of aliphatic imine (C=N–C) groups is 1. The molecule has 0 radical (unpaired) electrons. The van der Waals surface area contributed by atoms with Crippen molar-refractivity contribution in [3.63, 3.8) is 0 Å². The fourth-order valence-corrected chi connectivity index (χ4v) is 3.29. The number of aromatic nitrogens is 2. The summed E-state index contributed by atoms with van der Waals surface area (Å²) in [5.41, 5.74) is 1.85. The normalized spacial score (nSPS) is 23.8. The summed E-state index contributed by atoms with van der Waals surface area (Å²) in [5.74, 6) is -0.769. The first-order chi connectivity index (χ1) is 14.3. The van der Waals surface area contributed by atoms with Gasteiger partial charge in [0.15, 0.2) is 0 Å². The molecule has 8 nitrogen and oxygen atoms in total. The van der Waals surface area contributed by atoms with E-state index in [2.05, 4.69) is 36.2 Å². The minimum absolute atomic E-state index is 0.0647. The Labute approximate surface area is 188 Å². The molecule has 0 aromatic carbocycles. The van der Waals surface area contributed by atoms with Crippen molar-refractivity contribution in [2.24, 2.45) is 10.7 Å². The summed E-state index contributed by atoms with van der Waals surface area (Å²) in [5, 5.41) is 2.50. The van der Waals surface area contributed by atoms with Crippen LogP contribution in [-0.4, -0.2) is 40.3 Å². The van der Waals surface area contributed by atoms with Gasteiger partial charge in [-0.15, -0.1) is 0 Å². The van der Waals surface area contributed by atoms with Gasteiger partial charge in [0.1, 0.15) is 22.2 Å². The Bertz CT molecular complexity index is 1050. The second kappa shape index (κ2) is 8.24. The van der Waals surface area contributed by atoms with E-state index in [1.54, 1.807) is 0 Å². The number of amidine groups is 1. The van der Waals surface area contributed by atoms with Gasteiger partial charge in [-0.2, -0.15) is 13.2 Å².